The van der Waals surface area contributed by atoms with Gasteiger partial charge in [0.25, 0.3) is 5.91 Å². The topological polar surface area (TPSA) is 97.2 Å². The van der Waals surface area contributed by atoms with Crippen LogP contribution < -0.4 is 15.2 Å². The van der Waals surface area contributed by atoms with Gasteiger partial charge in [0.05, 0.1) is 22.5 Å². The summed E-state index contributed by atoms with van der Waals surface area (Å²) in [6, 6.07) is 17.2. The Labute approximate surface area is 186 Å². The maximum absolute atomic E-state index is 13.3. The molecule has 0 saturated heterocycles. The second-order valence-corrected chi connectivity index (χ2v) is 8.42. The zero-order valence-corrected chi connectivity index (χ0v) is 17.8. The van der Waals surface area contributed by atoms with Crippen LogP contribution in [0.5, 0.6) is 11.5 Å². The van der Waals surface area contributed by atoms with Crippen LogP contribution in [0.25, 0.3) is 27.0 Å². The van der Waals surface area contributed by atoms with E-state index in [1.807, 2.05) is 66.2 Å². The third-order valence-corrected chi connectivity index (χ3v) is 6.54. The third-order valence-electron chi connectivity index (χ3n) is 5.44. The summed E-state index contributed by atoms with van der Waals surface area (Å²) in [5, 5.41) is 9.84. The number of hydrogen-bond donors (Lipinski definition) is 1. The minimum absolute atomic E-state index is 0.192. The Morgan fingerprint density at radius 3 is 2.75 bits per heavy atom. The number of carbonyl (C=O) groups is 1. The molecule has 6 rings (SSSR count). The molecule has 1 aliphatic heterocycles. The van der Waals surface area contributed by atoms with Gasteiger partial charge in [0.15, 0.2) is 11.5 Å². The van der Waals surface area contributed by atoms with Crippen molar-refractivity contribution in [1.29, 1.82) is 0 Å². The number of thiophene rings is 1. The van der Waals surface area contributed by atoms with Crippen molar-refractivity contribution in [3.63, 3.8) is 0 Å². The van der Waals surface area contributed by atoms with Crippen LogP contribution in [0.2, 0.25) is 0 Å². The predicted octanol–water partition coefficient (Wildman–Crippen LogP) is 4.26. The van der Waals surface area contributed by atoms with Crippen molar-refractivity contribution in [2.24, 2.45) is 0 Å². The quantitative estimate of drug-likeness (QED) is 0.448. The third kappa shape index (κ3) is 2.78. The van der Waals surface area contributed by atoms with Crippen LogP contribution in [0, 0.1) is 6.92 Å². The van der Waals surface area contributed by atoms with Gasteiger partial charge in [-0.05, 0) is 42.8 Å². The van der Waals surface area contributed by atoms with Crippen LogP contribution in [-0.2, 0) is 0 Å². The molecule has 0 bridgehead atoms. The largest absolute Gasteiger partial charge is 0.454 e. The van der Waals surface area contributed by atoms with Crippen LogP contribution in [0.1, 0.15) is 15.4 Å². The molecule has 0 aliphatic carbocycles. The average Bonchev–Trinajstić information content (AvgIpc) is 3.58. The second-order valence-electron chi connectivity index (χ2n) is 7.39. The van der Waals surface area contributed by atoms with E-state index >= 15 is 0 Å². The molecule has 0 amide bonds. The van der Waals surface area contributed by atoms with Gasteiger partial charge in [0.1, 0.15) is 10.6 Å². The van der Waals surface area contributed by atoms with Crippen molar-refractivity contribution in [3.8, 4) is 28.3 Å². The lowest BCUT2D eigenvalue weighted by atomic mass is 10.1. The van der Waals surface area contributed by atoms with Gasteiger partial charge in [0, 0.05) is 10.9 Å². The number of rotatable bonds is 3. The van der Waals surface area contributed by atoms with E-state index < -0.39 is 0 Å². The maximum atomic E-state index is 13.3. The first-order chi connectivity index (χ1) is 15.6. The average molecular weight is 443 g/mol. The van der Waals surface area contributed by atoms with Gasteiger partial charge in [-0.25, -0.2) is 4.68 Å². The molecule has 8 nitrogen and oxygen atoms in total. The Morgan fingerprint density at radius 2 is 1.91 bits per heavy atom. The van der Waals surface area contributed by atoms with Crippen LogP contribution in [-0.4, -0.2) is 32.3 Å². The standard InChI is InChI=1S/C23H17N5O3S/c1-13-16-10-20(32-23(16)27(26-13)15-5-3-2-4-6-15)22(29)28-21(24)17(11-25-28)14-7-8-18-19(9-14)31-12-30-18/h2-11H,12,24H2,1H3. The van der Waals surface area contributed by atoms with E-state index in [4.69, 9.17) is 15.2 Å². The number of nitrogen functional groups attached to an aromatic ring is 1. The van der Waals surface area contributed by atoms with Crippen LogP contribution in [0.3, 0.4) is 0 Å². The second kappa shape index (κ2) is 6.96. The summed E-state index contributed by atoms with van der Waals surface area (Å²) in [4.78, 5) is 14.7. The number of hydrogen-bond acceptors (Lipinski definition) is 7. The first kappa shape index (κ1) is 18.6. The lowest BCUT2D eigenvalue weighted by Crippen LogP contribution is -2.15. The lowest BCUT2D eigenvalue weighted by Gasteiger charge is -2.04. The fourth-order valence-corrected chi connectivity index (χ4v) is 4.92. The number of para-hydroxylation sites is 1. The van der Waals surface area contributed by atoms with E-state index in [0.717, 1.165) is 27.2 Å². The van der Waals surface area contributed by atoms with Crippen molar-refractivity contribution < 1.29 is 14.3 Å². The number of fused-ring (bicyclic) bond motifs is 2. The highest BCUT2D eigenvalue weighted by molar-refractivity contribution is 7.20. The van der Waals surface area contributed by atoms with Crippen molar-refractivity contribution in [2.45, 2.75) is 6.92 Å². The van der Waals surface area contributed by atoms with Gasteiger partial charge >= 0.3 is 0 Å². The van der Waals surface area contributed by atoms with Crippen LogP contribution >= 0.6 is 11.3 Å². The summed E-state index contributed by atoms with van der Waals surface area (Å²) in [7, 11) is 0. The number of nitrogens with zero attached hydrogens (tertiary/aromatic N) is 4. The van der Waals surface area contributed by atoms with E-state index in [0.29, 0.717) is 21.9 Å². The SMILES string of the molecule is Cc1nn(-c2ccccc2)c2sc(C(=O)n3ncc(-c4ccc5c(c4)OCO5)c3N)cc12. The molecule has 0 fully saturated rings. The first-order valence-corrected chi connectivity index (χ1v) is 10.7. The summed E-state index contributed by atoms with van der Waals surface area (Å²) in [5.41, 5.74) is 9.59. The van der Waals surface area contributed by atoms with Crippen LogP contribution in [0.15, 0.2) is 60.8 Å². The molecule has 0 radical (unpaired) electrons. The number of aromatic nitrogens is 4. The van der Waals surface area contributed by atoms with E-state index in [9.17, 15) is 4.79 Å². The first-order valence-electron chi connectivity index (χ1n) is 9.93. The molecule has 158 valence electrons. The molecule has 0 spiro atoms. The highest BCUT2D eigenvalue weighted by atomic mass is 32.1. The van der Waals surface area contributed by atoms with Gasteiger partial charge in [-0.15, -0.1) is 11.3 Å². The molecule has 32 heavy (non-hydrogen) atoms. The molecule has 5 aromatic rings. The molecule has 9 heteroatoms. The molecule has 1 aliphatic rings. The van der Waals surface area contributed by atoms with Crippen molar-refractivity contribution in [3.05, 3.63) is 71.4 Å². The fraction of sp³-hybridized carbons (Fsp3) is 0.0870. The number of carbonyl (C=O) groups excluding carboxylic acids is 1. The van der Waals surface area contributed by atoms with E-state index in [2.05, 4.69) is 10.2 Å². The molecule has 0 atom stereocenters. The predicted molar refractivity (Wildman–Crippen MR) is 122 cm³/mol. The summed E-state index contributed by atoms with van der Waals surface area (Å²) in [5.74, 6) is 1.32. The van der Waals surface area contributed by atoms with Gasteiger partial charge in [-0.2, -0.15) is 14.9 Å². The van der Waals surface area contributed by atoms with Crippen molar-refractivity contribution >= 4 is 33.3 Å². The Bertz CT molecular complexity index is 1500. The Kier molecular flexibility index (Phi) is 4.05. The Hall–Kier alpha value is -4.11. The zero-order chi connectivity index (χ0) is 21.8. The monoisotopic (exact) mass is 443 g/mol. The van der Waals surface area contributed by atoms with Crippen molar-refractivity contribution in [1.82, 2.24) is 19.6 Å². The number of nitrogens with two attached hydrogens (primary N) is 1. The fourth-order valence-electron chi connectivity index (χ4n) is 3.81. The highest BCUT2D eigenvalue weighted by Crippen LogP contribution is 2.38. The molecular weight excluding hydrogens is 426 g/mol. The van der Waals surface area contributed by atoms with Crippen LogP contribution in [0.4, 0.5) is 5.82 Å². The number of ether oxygens (including phenoxy) is 2. The number of benzene rings is 2. The Balaban J connectivity index is 1.38. The lowest BCUT2D eigenvalue weighted by molar-refractivity contribution is 0.0952. The molecule has 3 aromatic heterocycles. The van der Waals surface area contributed by atoms with Gasteiger partial charge < -0.3 is 15.2 Å². The molecule has 4 heterocycles. The maximum Gasteiger partial charge on any atom is 0.290 e. The molecule has 2 N–H and O–H groups in total. The van der Waals surface area contributed by atoms with Gasteiger partial charge in [-0.1, -0.05) is 24.3 Å². The zero-order valence-electron chi connectivity index (χ0n) is 17.0. The normalized spacial score (nSPS) is 12.5. The minimum atomic E-state index is -0.283. The summed E-state index contributed by atoms with van der Waals surface area (Å²) in [6.45, 7) is 2.13. The van der Waals surface area contributed by atoms with Gasteiger partial charge in [-0.3, -0.25) is 4.79 Å². The minimum Gasteiger partial charge on any atom is -0.454 e. The molecule has 0 unspecified atom stereocenters. The van der Waals surface area contributed by atoms with Crippen molar-refractivity contribution in [2.75, 3.05) is 12.5 Å². The highest BCUT2D eigenvalue weighted by Gasteiger charge is 2.23. The van der Waals surface area contributed by atoms with E-state index in [1.54, 1.807) is 6.20 Å². The van der Waals surface area contributed by atoms with Gasteiger partial charge in [0.2, 0.25) is 6.79 Å². The van der Waals surface area contributed by atoms with E-state index in [1.165, 1.54) is 16.0 Å². The summed E-state index contributed by atoms with van der Waals surface area (Å²) < 4.78 is 13.9. The molecule has 0 saturated carbocycles. The molecular formula is C23H17N5O3S. The Morgan fingerprint density at radius 1 is 1.09 bits per heavy atom. The summed E-state index contributed by atoms with van der Waals surface area (Å²) >= 11 is 1.37. The molecule has 2 aromatic carbocycles. The smallest absolute Gasteiger partial charge is 0.290 e. The summed E-state index contributed by atoms with van der Waals surface area (Å²) in [6.07, 6.45) is 1.59. The van der Waals surface area contributed by atoms with E-state index in [-0.39, 0.29) is 18.5 Å². The number of aryl methyl sites for hydroxylation is 1. The number of anilines is 1.